The number of carbonyl (C=O) groups is 1. The molecule has 0 amide bonds. The molecule has 0 saturated heterocycles. The van der Waals surface area contributed by atoms with Gasteiger partial charge in [0.25, 0.3) is 0 Å². The van der Waals surface area contributed by atoms with Crippen LogP contribution in [0, 0.1) is 0 Å². The molecule has 0 aromatic heterocycles. The highest BCUT2D eigenvalue weighted by Crippen LogP contribution is 2.30. The molecule has 26 heavy (non-hydrogen) atoms. The van der Waals surface area contributed by atoms with Gasteiger partial charge in [0.15, 0.2) is 0 Å². The maximum atomic E-state index is 11.2. The molecule has 3 nitrogen and oxygen atoms in total. The summed E-state index contributed by atoms with van der Waals surface area (Å²) in [5.74, 6) is 0.207. The first-order chi connectivity index (χ1) is 12.4. The summed E-state index contributed by atoms with van der Waals surface area (Å²) in [4.78, 5) is 13.6. The monoisotopic (exact) mass is 351 g/mol. The lowest BCUT2D eigenvalue weighted by molar-refractivity contribution is 0.112. The molecule has 2 aromatic carbocycles. The quantitative estimate of drug-likeness (QED) is 0.521. The number of hydrogen-bond acceptors (Lipinski definition) is 3. The van der Waals surface area contributed by atoms with Gasteiger partial charge in [-0.1, -0.05) is 36.4 Å². The molecule has 138 valence electrons. The van der Waals surface area contributed by atoms with Gasteiger partial charge in [0, 0.05) is 29.8 Å². The second kappa shape index (κ2) is 9.35. The summed E-state index contributed by atoms with van der Waals surface area (Å²) in [6, 6.07) is 16.0. The average molecular weight is 351 g/mol. The lowest BCUT2D eigenvalue weighted by atomic mass is 9.96. The zero-order valence-electron chi connectivity index (χ0n) is 16.1. The Bertz CT molecular complexity index is 740. The average Bonchev–Trinajstić information content (AvgIpc) is 2.61. The third kappa shape index (κ3) is 5.30. The molecule has 2 aromatic rings. The van der Waals surface area contributed by atoms with Crippen LogP contribution in [0.2, 0.25) is 0 Å². The van der Waals surface area contributed by atoms with Gasteiger partial charge in [-0.3, -0.25) is 9.69 Å². The molecule has 0 saturated carbocycles. The van der Waals surface area contributed by atoms with Crippen LogP contribution in [-0.2, 0) is 0 Å². The minimum absolute atomic E-state index is 0.207. The van der Waals surface area contributed by atoms with E-state index < -0.39 is 0 Å². The van der Waals surface area contributed by atoms with Gasteiger partial charge in [0.1, 0.15) is 12.0 Å². The Morgan fingerprint density at radius 2 is 1.65 bits per heavy atom. The van der Waals surface area contributed by atoms with Crippen molar-refractivity contribution in [2.45, 2.75) is 46.2 Å². The maximum Gasteiger partial charge on any atom is 0.150 e. The van der Waals surface area contributed by atoms with E-state index in [1.165, 1.54) is 0 Å². The van der Waals surface area contributed by atoms with E-state index in [0.717, 1.165) is 36.0 Å². The molecular formula is C23H29NO2. The fourth-order valence-electron chi connectivity index (χ4n) is 3.28. The number of nitrogens with zero attached hydrogens (tertiary/aromatic N) is 1. The van der Waals surface area contributed by atoms with Crippen LogP contribution in [0.4, 0.5) is 0 Å². The van der Waals surface area contributed by atoms with E-state index in [9.17, 15) is 9.90 Å². The van der Waals surface area contributed by atoms with Crippen LogP contribution in [0.25, 0.3) is 11.6 Å². The Hall–Kier alpha value is -2.39. The molecule has 0 fully saturated rings. The van der Waals surface area contributed by atoms with Crippen molar-refractivity contribution in [3.05, 3.63) is 65.2 Å². The van der Waals surface area contributed by atoms with Gasteiger partial charge in [-0.05, 0) is 63.5 Å². The van der Waals surface area contributed by atoms with Crippen LogP contribution in [-0.4, -0.2) is 34.9 Å². The van der Waals surface area contributed by atoms with Crippen molar-refractivity contribution in [3.63, 3.8) is 0 Å². The minimum atomic E-state index is 0.207. The molecule has 0 aliphatic carbocycles. The lowest BCUT2D eigenvalue weighted by Gasteiger charge is -2.31. The van der Waals surface area contributed by atoms with E-state index in [4.69, 9.17) is 0 Å². The fourth-order valence-corrected chi connectivity index (χ4v) is 3.28. The van der Waals surface area contributed by atoms with Crippen LogP contribution in [0.5, 0.6) is 5.75 Å². The fraction of sp³-hybridized carbons (Fsp3) is 0.348. The summed E-state index contributed by atoms with van der Waals surface area (Å²) in [6.45, 7) is 9.69. The third-order valence-electron chi connectivity index (χ3n) is 4.61. The molecule has 0 unspecified atom stereocenters. The Labute approximate surface area is 157 Å². The Morgan fingerprint density at radius 3 is 2.23 bits per heavy atom. The van der Waals surface area contributed by atoms with Gasteiger partial charge in [0.2, 0.25) is 0 Å². The lowest BCUT2D eigenvalue weighted by Crippen LogP contribution is -2.37. The molecule has 3 heteroatoms. The zero-order chi connectivity index (χ0) is 19.1. The molecule has 0 spiro atoms. The summed E-state index contributed by atoms with van der Waals surface area (Å²) in [7, 11) is 0. The highest BCUT2D eigenvalue weighted by atomic mass is 16.3. The standard InChI is InChI=1S/C23H29NO2/c1-17(2)24(18(3)4)13-12-21(14-19-8-6-5-7-9-19)22-15-20(16-25)10-11-23(22)26/h5-11,14-18,26H,12-13H2,1-4H3/b21-14+. The summed E-state index contributed by atoms with van der Waals surface area (Å²) in [5.41, 5.74) is 3.41. The molecule has 0 atom stereocenters. The summed E-state index contributed by atoms with van der Waals surface area (Å²) in [6.07, 6.45) is 3.71. The summed E-state index contributed by atoms with van der Waals surface area (Å²) >= 11 is 0. The third-order valence-corrected chi connectivity index (χ3v) is 4.61. The Morgan fingerprint density at radius 1 is 1.00 bits per heavy atom. The number of rotatable bonds is 8. The van der Waals surface area contributed by atoms with Gasteiger partial charge in [-0.2, -0.15) is 0 Å². The highest BCUT2D eigenvalue weighted by Gasteiger charge is 2.16. The van der Waals surface area contributed by atoms with Crippen molar-refractivity contribution in [1.82, 2.24) is 4.90 Å². The van der Waals surface area contributed by atoms with E-state index >= 15 is 0 Å². The normalized spacial score (nSPS) is 12.2. The highest BCUT2D eigenvalue weighted by molar-refractivity contribution is 5.87. The molecular weight excluding hydrogens is 322 g/mol. The SMILES string of the molecule is CC(C)N(CC/C(=C\c1ccccc1)c1cc(C=O)ccc1O)C(C)C. The van der Waals surface area contributed by atoms with E-state index in [-0.39, 0.29) is 5.75 Å². The van der Waals surface area contributed by atoms with Crippen LogP contribution >= 0.6 is 0 Å². The zero-order valence-corrected chi connectivity index (χ0v) is 16.1. The van der Waals surface area contributed by atoms with Crippen molar-refractivity contribution >= 4 is 17.9 Å². The number of aldehydes is 1. The first-order valence-corrected chi connectivity index (χ1v) is 9.22. The number of carbonyl (C=O) groups excluding carboxylic acids is 1. The van der Waals surface area contributed by atoms with Crippen molar-refractivity contribution in [2.75, 3.05) is 6.54 Å². The second-order valence-electron chi connectivity index (χ2n) is 7.15. The molecule has 0 heterocycles. The first-order valence-electron chi connectivity index (χ1n) is 9.22. The largest absolute Gasteiger partial charge is 0.507 e. The first kappa shape index (κ1) is 19.9. The van der Waals surface area contributed by atoms with Crippen molar-refractivity contribution < 1.29 is 9.90 Å². The van der Waals surface area contributed by atoms with Crippen LogP contribution in [0.1, 0.15) is 55.6 Å². The summed E-state index contributed by atoms with van der Waals surface area (Å²) in [5, 5.41) is 10.4. The van der Waals surface area contributed by atoms with Crippen molar-refractivity contribution in [1.29, 1.82) is 0 Å². The van der Waals surface area contributed by atoms with Gasteiger partial charge in [0.05, 0.1) is 0 Å². The van der Waals surface area contributed by atoms with Crippen LogP contribution < -0.4 is 0 Å². The van der Waals surface area contributed by atoms with Gasteiger partial charge >= 0.3 is 0 Å². The van der Waals surface area contributed by atoms with E-state index in [1.807, 2.05) is 30.3 Å². The molecule has 0 radical (unpaired) electrons. The maximum absolute atomic E-state index is 11.2. The predicted molar refractivity (Wildman–Crippen MR) is 109 cm³/mol. The Kier molecular flexibility index (Phi) is 7.16. The number of phenolic OH excluding ortho intramolecular Hbond substituents is 1. The van der Waals surface area contributed by atoms with Gasteiger partial charge in [-0.25, -0.2) is 0 Å². The number of hydrogen-bond donors (Lipinski definition) is 1. The van der Waals surface area contributed by atoms with Crippen LogP contribution in [0.15, 0.2) is 48.5 Å². The molecule has 0 aliphatic heterocycles. The van der Waals surface area contributed by atoms with E-state index in [2.05, 4.69) is 38.7 Å². The number of benzene rings is 2. The molecule has 1 N–H and O–H groups in total. The Balaban J connectivity index is 2.40. The van der Waals surface area contributed by atoms with Crippen molar-refractivity contribution in [3.8, 4) is 5.75 Å². The predicted octanol–water partition coefficient (Wildman–Crippen LogP) is 5.25. The van der Waals surface area contributed by atoms with Crippen LogP contribution in [0.3, 0.4) is 0 Å². The van der Waals surface area contributed by atoms with E-state index in [1.54, 1.807) is 18.2 Å². The molecule has 2 rings (SSSR count). The van der Waals surface area contributed by atoms with Gasteiger partial charge in [-0.15, -0.1) is 0 Å². The van der Waals surface area contributed by atoms with E-state index in [0.29, 0.717) is 17.6 Å². The topological polar surface area (TPSA) is 40.5 Å². The number of phenols is 1. The van der Waals surface area contributed by atoms with Gasteiger partial charge < -0.3 is 5.11 Å². The second-order valence-corrected chi connectivity index (χ2v) is 7.15. The molecule has 0 bridgehead atoms. The number of aromatic hydroxyl groups is 1. The molecule has 0 aliphatic rings. The van der Waals surface area contributed by atoms with Crippen molar-refractivity contribution in [2.24, 2.45) is 0 Å². The smallest absolute Gasteiger partial charge is 0.150 e. The minimum Gasteiger partial charge on any atom is -0.507 e. The summed E-state index contributed by atoms with van der Waals surface area (Å²) < 4.78 is 0.